The highest BCUT2D eigenvalue weighted by molar-refractivity contribution is 7.85. The number of hydrogen-bond donors (Lipinski definition) is 2. The van der Waals surface area contributed by atoms with Crippen molar-refractivity contribution in [1.82, 2.24) is 5.32 Å². The molecular weight excluding hydrogens is 166 g/mol. The van der Waals surface area contributed by atoms with Crippen LogP contribution in [0.5, 0.6) is 0 Å². The predicted octanol–water partition coefficient (Wildman–Crippen LogP) is 0.262. The van der Waals surface area contributed by atoms with Crippen molar-refractivity contribution < 1.29 is 13.0 Å². The number of nitrogens with one attached hydrogen (secondary N) is 1. The summed E-state index contributed by atoms with van der Waals surface area (Å²) >= 11 is 0. The molecule has 68 valence electrons. The Morgan fingerprint density at radius 2 is 1.82 bits per heavy atom. The Balaban J connectivity index is 3.61. The molecule has 0 atom stereocenters. The molecule has 0 spiro atoms. The molecule has 11 heavy (non-hydrogen) atoms. The minimum absolute atomic E-state index is 0.106. The van der Waals surface area contributed by atoms with Gasteiger partial charge in [0.05, 0.1) is 5.75 Å². The van der Waals surface area contributed by atoms with Gasteiger partial charge in [-0.15, -0.1) is 0 Å². The van der Waals surface area contributed by atoms with Crippen LogP contribution in [0.15, 0.2) is 0 Å². The normalized spacial score (nSPS) is 13.5. The lowest BCUT2D eigenvalue weighted by Gasteiger charge is -2.19. The van der Waals surface area contributed by atoms with E-state index < -0.39 is 10.1 Å². The van der Waals surface area contributed by atoms with Crippen LogP contribution in [-0.2, 0) is 10.1 Å². The van der Waals surface area contributed by atoms with E-state index in [1.807, 2.05) is 20.8 Å². The Kier molecular flexibility index (Phi) is 3.47. The van der Waals surface area contributed by atoms with E-state index >= 15 is 0 Å². The predicted molar refractivity (Wildman–Crippen MR) is 44.2 cm³/mol. The van der Waals surface area contributed by atoms with Crippen molar-refractivity contribution in [3.05, 3.63) is 0 Å². The average Bonchev–Trinajstić information content (AvgIpc) is 1.55. The fourth-order valence-corrected chi connectivity index (χ4v) is 0.915. The van der Waals surface area contributed by atoms with Gasteiger partial charge < -0.3 is 5.32 Å². The van der Waals surface area contributed by atoms with Gasteiger partial charge in [-0.3, -0.25) is 4.55 Å². The molecule has 0 heterocycles. The second-order valence-electron chi connectivity index (χ2n) is 3.46. The monoisotopic (exact) mass is 181 g/mol. The summed E-state index contributed by atoms with van der Waals surface area (Å²) in [5.74, 6) is -0.232. The molecular formula is C6H15NO3S. The van der Waals surface area contributed by atoms with Gasteiger partial charge in [-0.1, -0.05) is 0 Å². The second kappa shape index (κ2) is 3.51. The lowest BCUT2D eigenvalue weighted by Crippen LogP contribution is -2.38. The zero-order valence-electron chi connectivity index (χ0n) is 7.09. The van der Waals surface area contributed by atoms with Crippen molar-refractivity contribution >= 4 is 10.1 Å². The highest BCUT2D eigenvalue weighted by Gasteiger charge is 2.10. The van der Waals surface area contributed by atoms with Crippen molar-refractivity contribution in [2.24, 2.45) is 0 Å². The van der Waals surface area contributed by atoms with Crippen LogP contribution in [0.2, 0.25) is 0 Å². The first kappa shape index (κ1) is 10.9. The fourth-order valence-electron chi connectivity index (χ4n) is 0.555. The third-order valence-corrected chi connectivity index (χ3v) is 1.74. The molecule has 0 aliphatic carbocycles. The molecule has 0 unspecified atom stereocenters. The average molecular weight is 181 g/mol. The summed E-state index contributed by atoms with van der Waals surface area (Å²) in [4.78, 5) is 0. The maximum absolute atomic E-state index is 10.2. The first-order valence-electron chi connectivity index (χ1n) is 3.41. The maximum atomic E-state index is 10.2. The summed E-state index contributed by atoms with van der Waals surface area (Å²) in [7, 11) is -3.81. The molecule has 0 aliphatic heterocycles. The molecule has 0 aliphatic rings. The Bertz CT molecular complexity index is 202. The van der Waals surface area contributed by atoms with E-state index in [4.69, 9.17) is 4.55 Å². The quantitative estimate of drug-likeness (QED) is 0.613. The van der Waals surface area contributed by atoms with Crippen molar-refractivity contribution in [3.8, 4) is 0 Å². The number of hydrogen-bond acceptors (Lipinski definition) is 3. The van der Waals surface area contributed by atoms with Crippen LogP contribution in [0.4, 0.5) is 0 Å². The third-order valence-electron chi connectivity index (χ3n) is 1.02. The van der Waals surface area contributed by atoms with E-state index in [2.05, 4.69) is 5.32 Å². The highest BCUT2D eigenvalue weighted by Crippen LogP contribution is 1.97. The van der Waals surface area contributed by atoms with Crippen molar-refractivity contribution in [2.75, 3.05) is 12.3 Å². The zero-order chi connectivity index (χ0) is 9.12. The Morgan fingerprint density at radius 3 is 2.09 bits per heavy atom. The van der Waals surface area contributed by atoms with Crippen LogP contribution >= 0.6 is 0 Å². The minimum atomic E-state index is -3.81. The summed E-state index contributed by atoms with van der Waals surface area (Å²) < 4.78 is 28.8. The molecule has 0 saturated carbocycles. The summed E-state index contributed by atoms with van der Waals surface area (Å²) in [5.41, 5.74) is -0.106. The molecule has 0 aromatic rings. The van der Waals surface area contributed by atoms with Gasteiger partial charge in [0.25, 0.3) is 10.1 Å². The first-order valence-corrected chi connectivity index (χ1v) is 5.02. The molecule has 0 rings (SSSR count). The van der Waals surface area contributed by atoms with Crippen LogP contribution < -0.4 is 5.32 Å². The SMILES string of the molecule is CC(C)(C)NCCS(=O)(=O)O. The minimum Gasteiger partial charge on any atom is -0.311 e. The standard InChI is InChI=1S/C6H15NO3S/c1-6(2,3)7-4-5-11(8,9)10/h7H,4-5H2,1-3H3,(H,8,9,10). The topological polar surface area (TPSA) is 66.4 Å². The van der Waals surface area contributed by atoms with E-state index in [-0.39, 0.29) is 17.8 Å². The van der Waals surface area contributed by atoms with Gasteiger partial charge in [0.1, 0.15) is 0 Å². The van der Waals surface area contributed by atoms with Crippen molar-refractivity contribution in [2.45, 2.75) is 26.3 Å². The Morgan fingerprint density at radius 1 is 1.36 bits per heavy atom. The van der Waals surface area contributed by atoms with E-state index in [1.165, 1.54) is 0 Å². The van der Waals surface area contributed by atoms with E-state index in [1.54, 1.807) is 0 Å². The fraction of sp³-hybridized carbons (Fsp3) is 1.00. The van der Waals surface area contributed by atoms with Gasteiger partial charge >= 0.3 is 0 Å². The molecule has 0 amide bonds. The van der Waals surface area contributed by atoms with Gasteiger partial charge in [0, 0.05) is 12.1 Å². The van der Waals surface area contributed by atoms with Gasteiger partial charge in [-0.25, -0.2) is 0 Å². The van der Waals surface area contributed by atoms with Crippen LogP contribution in [0, 0.1) is 0 Å². The van der Waals surface area contributed by atoms with E-state index in [0.717, 1.165) is 0 Å². The maximum Gasteiger partial charge on any atom is 0.266 e. The highest BCUT2D eigenvalue weighted by atomic mass is 32.2. The smallest absolute Gasteiger partial charge is 0.266 e. The zero-order valence-corrected chi connectivity index (χ0v) is 7.90. The molecule has 2 N–H and O–H groups in total. The molecule has 4 nitrogen and oxygen atoms in total. The second-order valence-corrected chi connectivity index (χ2v) is 5.03. The first-order chi connectivity index (χ1) is 4.71. The van der Waals surface area contributed by atoms with Gasteiger partial charge in [0.2, 0.25) is 0 Å². The van der Waals surface area contributed by atoms with Gasteiger partial charge in [-0.2, -0.15) is 8.42 Å². The molecule has 0 saturated heterocycles. The third kappa shape index (κ3) is 9.87. The van der Waals surface area contributed by atoms with Crippen LogP contribution in [-0.4, -0.2) is 30.8 Å². The van der Waals surface area contributed by atoms with Gasteiger partial charge in [0.15, 0.2) is 0 Å². The summed E-state index contributed by atoms with van der Waals surface area (Å²) in [5, 5.41) is 2.94. The summed E-state index contributed by atoms with van der Waals surface area (Å²) in [6.07, 6.45) is 0. The summed E-state index contributed by atoms with van der Waals surface area (Å²) in [6.45, 7) is 6.06. The van der Waals surface area contributed by atoms with E-state index in [0.29, 0.717) is 0 Å². The molecule has 0 bridgehead atoms. The summed E-state index contributed by atoms with van der Waals surface area (Å²) in [6, 6.07) is 0. The van der Waals surface area contributed by atoms with E-state index in [9.17, 15) is 8.42 Å². The molecule has 0 fully saturated rings. The van der Waals surface area contributed by atoms with Crippen molar-refractivity contribution in [3.63, 3.8) is 0 Å². The molecule has 0 aromatic carbocycles. The Labute approximate surface area is 67.7 Å². The van der Waals surface area contributed by atoms with Crippen LogP contribution in [0.25, 0.3) is 0 Å². The van der Waals surface area contributed by atoms with Crippen molar-refractivity contribution in [1.29, 1.82) is 0 Å². The lowest BCUT2D eigenvalue weighted by atomic mass is 10.1. The molecule has 5 heteroatoms. The van der Waals surface area contributed by atoms with Crippen LogP contribution in [0.3, 0.4) is 0 Å². The number of rotatable bonds is 3. The lowest BCUT2D eigenvalue weighted by molar-refractivity contribution is 0.430. The van der Waals surface area contributed by atoms with Crippen LogP contribution in [0.1, 0.15) is 20.8 Å². The van der Waals surface area contributed by atoms with Gasteiger partial charge in [-0.05, 0) is 20.8 Å². The molecule has 0 radical (unpaired) electrons. The molecule has 0 aromatic heterocycles. The largest absolute Gasteiger partial charge is 0.311 e. The Hall–Kier alpha value is -0.130.